The maximum atomic E-state index is 10.8. The van der Waals surface area contributed by atoms with Crippen LogP contribution in [0.3, 0.4) is 0 Å². The number of ether oxygens (including phenoxy) is 1. The van der Waals surface area contributed by atoms with E-state index in [9.17, 15) is 4.79 Å². The molecule has 6 nitrogen and oxygen atoms in total. The van der Waals surface area contributed by atoms with Gasteiger partial charge in [0, 0.05) is 6.20 Å². The van der Waals surface area contributed by atoms with E-state index in [-0.39, 0.29) is 17.7 Å². The van der Waals surface area contributed by atoms with Gasteiger partial charge < -0.3 is 20.9 Å². The number of pyridine rings is 1. The molecule has 96 valence electrons. The van der Waals surface area contributed by atoms with E-state index in [0.717, 1.165) is 19.3 Å². The van der Waals surface area contributed by atoms with Crippen LogP contribution < -0.4 is 11.1 Å². The van der Waals surface area contributed by atoms with E-state index in [4.69, 9.17) is 15.6 Å². The lowest BCUT2D eigenvalue weighted by Gasteiger charge is -2.21. The number of rotatable bonds is 3. The van der Waals surface area contributed by atoms with Crippen LogP contribution in [-0.4, -0.2) is 34.3 Å². The Morgan fingerprint density at radius 2 is 2.39 bits per heavy atom. The van der Waals surface area contributed by atoms with Crippen molar-refractivity contribution in [2.45, 2.75) is 37.5 Å². The van der Waals surface area contributed by atoms with Crippen molar-refractivity contribution in [3.05, 3.63) is 17.8 Å². The molecule has 0 spiro atoms. The Hall–Kier alpha value is -1.82. The van der Waals surface area contributed by atoms with Crippen molar-refractivity contribution < 1.29 is 14.6 Å². The molecule has 6 heteroatoms. The van der Waals surface area contributed by atoms with Crippen LogP contribution >= 0.6 is 0 Å². The van der Waals surface area contributed by atoms with Crippen LogP contribution in [0.1, 0.15) is 29.6 Å². The molecule has 0 amide bonds. The molecule has 0 aliphatic carbocycles. The number of nitrogens with zero attached hydrogens (tertiary/aromatic N) is 1. The Morgan fingerprint density at radius 1 is 1.56 bits per heavy atom. The summed E-state index contributed by atoms with van der Waals surface area (Å²) >= 11 is 0. The Morgan fingerprint density at radius 3 is 2.94 bits per heavy atom. The molecular formula is C12H15N3O3. The summed E-state index contributed by atoms with van der Waals surface area (Å²) in [6, 6.07) is 1.65. The van der Waals surface area contributed by atoms with E-state index in [1.807, 2.05) is 0 Å². The molecule has 3 unspecified atom stereocenters. The molecule has 2 bridgehead atoms. The zero-order valence-corrected chi connectivity index (χ0v) is 9.80. The molecule has 4 N–H and O–H groups in total. The van der Waals surface area contributed by atoms with E-state index in [1.54, 1.807) is 0 Å². The number of nitrogen functional groups attached to an aromatic ring is 1. The van der Waals surface area contributed by atoms with Crippen molar-refractivity contribution in [2.75, 3.05) is 11.1 Å². The summed E-state index contributed by atoms with van der Waals surface area (Å²) in [5.74, 6) is -0.481. The first-order valence-electron chi connectivity index (χ1n) is 6.04. The first-order valence-corrected chi connectivity index (χ1v) is 6.04. The number of hydrogen-bond acceptors (Lipinski definition) is 5. The number of fused-ring (bicyclic) bond motifs is 2. The smallest absolute Gasteiger partial charge is 0.337 e. The van der Waals surface area contributed by atoms with Gasteiger partial charge >= 0.3 is 5.97 Å². The molecule has 0 saturated carbocycles. The maximum Gasteiger partial charge on any atom is 0.337 e. The molecule has 3 atom stereocenters. The number of anilines is 2. The van der Waals surface area contributed by atoms with Crippen LogP contribution in [0.4, 0.5) is 11.5 Å². The van der Waals surface area contributed by atoms with Crippen molar-refractivity contribution in [3.8, 4) is 0 Å². The first-order chi connectivity index (χ1) is 8.63. The summed E-state index contributed by atoms with van der Waals surface area (Å²) in [5, 5.41) is 12.1. The van der Waals surface area contributed by atoms with Crippen molar-refractivity contribution in [2.24, 2.45) is 0 Å². The minimum atomic E-state index is -1.02. The maximum absolute atomic E-state index is 10.8. The Labute approximate surface area is 104 Å². The number of carboxylic acids is 1. The second kappa shape index (κ2) is 4.13. The molecule has 3 rings (SSSR count). The van der Waals surface area contributed by atoms with Crippen LogP contribution in [0.15, 0.2) is 12.3 Å². The Balaban J connectivity index is 1.75. The van der Waals surface area contributed by atoms with Crippen LogP contribution in [0.5, 0.6) is 0 Å². The second-order valence-corrected chi connectivity index (χ2v) is 4.83. The van der Waals surface area contributed by atoms with Gasteiger partial charge in [-0.3, -0.25) is 0 Å². The van der Waals surface area contributed by atoms with Crippen LogP contribution in [0, 0.1) is 0 Å². The molecular weight excluding hydrogens is 234 g/mol. The van der Waals surface area contributed by atoms with Gasteiger partial charge in [0.15, 0.2) is 0 Å². The van der Waals surface area contributed by atoms with Gasteiger partial charge in [-0.2, -0.15) is 0 Å². The minimum Gasteiger partial charge on any atom is -0.478 e. The Kier molecular flexibility index (Phi) is 2.59. The highest BCUT2D eigenvalue weighted by atomic mass is 16.5. The third-order valence-corrected chi connectivity index (χ3v) is 3.59. The minimum absolute atomic E-state index is 0.0993. The highest BCUT2D eigenvalue weighted by molar-refractivity contribution is 5.89. The van der Waals surface area contributed by atoms with E-state index < -0.39 is 5.97 Å². The molecule has 0 radical (unpaired) electrons. The Bertz CT molecular complexity index is 491. The van der Waals surface area contributed by atoms with Crippen molar-refractivity contribution >= 4 is 17.5 Å². The highest BCUT2D eigenvalue weighted by Crippen LogP contribution is 2.36. The van der Waals surface area contributed by atoms with E-state index in [1.165, 1.54) is 12.3 Å². The average molecular weight is 249 g/mol. The summed E-state index contributed by atoms with van der Waals surface area (Å²) < 4.78 is 5.73. The molecule has 18 heavy (non-hydrogen) atoms. The third kappa shape index (κ3) is 1.88. The predicted octanol–water partition coefficient (Wildman–Crippen LogP) is 1.09. The number of hydrogen-bond donors (Lipinski definition) is 3. The normalized spacial score (nSPS) is 29.4. The van der Waals surface area contributed by atoms with Gasteiger partial charge in [-0.25, -0.2) is 9.78 Å². The number of carboxylic acid groups (broad SMARTS) is 1. The summed E-state index contributed by atoms with van der Waals surface area (Å²) in [4.78, 5) is 14.9. The predicted molar refractivity (Wildman–Crippen MR) is 65.5 cm³/mol. The highest BCUT2D eigenvalue weighted by Gasteiger charge is 2.40. The van der Waals surface area contributed by atoms with Gasteiger partial charge in [-0.05, 0) is 25.3 Å². The quantitative estimate of drug-likeness (QED) is 0.742. The molecule has 1 aromatic rings. The number of aromatic nitrogens is 1. The first kappa shape index (κ1) is 11.3. The fourth-order valence-corrected chi connectivity index (χ4v) is 2.68. The fourth-order valence-electron chi connectivity index (χ4n) is 2.68. The molecule has 2 aliphatic heterocycles. The fraction of sp³-hybridized carbons (Fsp3) is 0.500. The van der Waals surface area contributed by atoms with Crippen LogP contribution in [-0.2, 0) is 4.74 Å². The zero-order valence-electron chi connectivity index (χ0n) is 9.80. The molecule has 2 saturated heterocycles. The lowest BCUT2D eigenvalue weighted by atomic mass is 9.95. The summed E-state index contributed by atoms with van der Waals surface area (Å²) in [6.07, 6.45) is 5.06. The summed E-state index contributed by atoms with van der Waals surface area (Å²) in [7, 11) is 0. The number of aromatic carboxylic acids is 1. The monoisotopic (exact) mass is 249 g/mol. The van der Waals surface area contributed by atoms with Gasteiger partial charge in [0.25, 0.3) is 0 Å². The van der Waals surface area contributed by atoms with Gasteiger partial charge in [0.1, 0.15) is 5.82 Å². The third-order valence-electron chi connectivity index (χ3n) is 3.59. The molecule has 2 aliphatic rings. The SMILES string of the molecule is Nc1cc(C(=O)O)cnc1NC1CC2CCC1O2. The standard InChI is InChI=1S/C12H15N3O3/c13-8-3-6(12(16)17)5-14-11(8)15-9-4-7-1-2-10(9)18-7/h3,5,7,9-10H,1-2,4,13H2,(H,14,15)(H,16,17). The number of carbonyl (C=O) groups is 1. The van der Waals surface area contributed by atoms with E-state index in [0.29, 0.717) is 17.6 Å². The topological polar surface area (TPSA) is 97.5 Å². The van der Waals surface area contributed by atoms with Gasteiger partial charge in [-0.15, -0.1) is 0 Å². The van der Waals surface area contributed by atoms with E-state index >= 15 is 0 Å². The molecule has 2 fully saturated rings. The number of nitrogens with one attached hydrogen (secondary N) is 1. The average Bonchev–Trinajstić information content (AvgIpc) is 2.93. The largest absolute Gasteiger partial charge is 0.478 e. The van der Waals surface area contributed by atoms with Gasteiger partial charge in [0.05, 0.1) is 29.5 Å². The second-order valence-electron chi connectivity index (χ2n) is 4.83. The van der Waals surface area contributed by atoms with Gasteiger partial charge in [0.2, 0.25) is 0 Å². The summed E-state index contributed by atoms with van der Waals surface area (Å²) in [5.41, 5.74) is 6.26. The summed E-state index contributed by atoms with van der Waals surface area (Å²) in [6.45, 7) is 0. The van der Waals surface area contributed by atoms with Crippen LogP contribution in [0.2, 0.25) is 0 Å². The van der Waals surface area contributed by atoms with Crippen molar-refractivity contribution in [3.63, 3.8) is 0 Å². The lowest BCUT2D eigenvalue weighted by molar-refractivity contribution is 0.0696. The lowest BCUT2D eigenvalue weighted by Crippen LogP contribution is -2.31. The van der Waals surface area contributed by atoms with E-state index in [2.05, 4.69) is 10.3 Å². The molecule has 3 heterocycles. The van der Waals surface area contributed by atoms with Crippen LogP contribution in [0.25, 0.3) is 0 Å². The van der Waals surface area contributed by atoms with Crippen molar-refractivity contribution in [1.29, 1.82) is 0 Å². The molecule has 0 aromatic carbocycles. The zero-order chi connectivity index (χ0) is 12.7. The number of nitrogens with two attached hydrogens (primary N) is 1. The van der Waals surface area contributed by atoms with Gasteiger partial charge in [-0.1, -0.05) is 0 Å². The van der Waals surface area contributed by atoms with Crippen molar-refractivity contribution in [1.82, 2.24) is 4.98 Å². The molecule has 1 aromatic heterocycles.